The summed E-state index contributed by atoms with van der Waals surface area (Å²) in [5, 5.41) is 21.0. The Labute approximate surface area is 179 Å². The van der Waals surface area contributed by atoms with Crippen LogP contribution in [0.15, 0.2) is 66.3 Å². The highest BCUT2D eigenvalue weighted by atomic mass is 32.2. The number of benzene rings is 2. The van der Waals surface area contributed by atoms with Crippen molar-refractivity contribution in [2.24, 2.45) is 0 Å². The fourth-order valence-corrected chi connectivity index (χ4v) is 3.74. The molecule has 8 heteroatoms. The zero-order chi connectivity index (χ0) is 21.3. The van der Waals surface area contributed by atoms with E-state index in [4.69, 9.17) is 9.84 Å². The van der Waals surface area contributed by atoms with E-state index in [0.717, 1.165) is 27.9 Å². The van der Waals surface area contributed by atoms with E-state index in [9.17, 15) is 4.79 Å². The summed E-state index contributed by atoms with van der Waals surface area (Å²) in [7, 11) is 1.64. The van der Waals surface area contributed by atoms with Crippen LogP contribution < -0.4 is 10.1 Å². The minimum absolute atomic E-state index is 0.0798. The molecule has 0 saturated carbocycles. The van der Waals surface area contributed by atoms with Crippen molar-refractivity contribution in [1.29, 1.82) is 0 Å². The molecule has 0 fully saturated rings. The SMILES string of the molecule is C=CCn1c(SCc2ccc(C(=O)NCCO)cc2)nnc1-c1cccc(OC)c1. The van der Waals surface area contributed by atoms with Gasteiger partial charge >= 0.3 is 0 Å². The second-order valence-electron chi connectivity index (χ2n) is 6.40. The van der Waals surface area contributed by atoms with Gasteiger partial charge in [-0.2, -0.15) is 0 Å². The van der Waals surface area contributed by atoms with Crippen LogP contribution in [0.1, 0.15) is 15.9 Å². The topological polar surface area (TPSA) is 89.3 Å². The number of rotatable bonds is 10. The number of carbonyl (C=O) groups excluding carboxylic acids is 1. The van der Waals surface area contributed by atoms with E-state index < -0.39 is 0 Å². The van der Waals surface area contributed by atoms with Crippen LogP contribution in [0.3, 0.4) is 0 Å². The Balaban J connectivity index is 1.73. The van der Waals surface area contributed by atoms with Gasteiger partial charge in [0.15, 0.2) is 11.0 Å². The number of methoxy groups -OCH3 is 1. The number of hydrogen-bond acceptors (Lipinski definition) is 6. The second-order valence-corrected chi connectivity index (χ2v) is 7.35. The maximum Gasteiger partial charge on any atom is 0.251 e. The lowest BCUT2D eigenvalue weighted by atomic mass is 10.1. The molecule has 2 N–H and O–H groups in total. The molecule has 1 aromatic heterocycles. The molecule has 0 radical (unpaired) electrons. The number of carbonyl (C=O) groups is 1. The van der Waals surface area contributed by atoms with Crippen molar-refractivity contribution >= 4 is 17.7 Å². The number of ether oxygens (including phenoxy) is 1. The molecule has 156 valence electrons. The third kappa shape index (κ3) is 5.28. The first-order valence-corrected chi connectivity index (χ1v) is 10.4. The fraction of sp³-hybridized carbons (Fsp3) is 0.227. The standard InChI is InChI=1S/C22H24N4O3S/c1-3-12-26-20(18-5-4-6-19(14-18)29-2)24-25-22(26)30-15-16-7-9-17(10-8-16)21(28)23-11-13-27/h3-10,14,27H,1,11-13,15H2,2H3,(H,23,28). The summed E-state index contributed by atoms with van der Waals surface area (Å²) in [5.41, 5.74) is 2.55. The lowest BCUT2D eigenvalue weighted by Gasteiger charge is -2.09. The smallest absolute Gasteiger partial charge is 0.251 e. The van der Waals surface area contributed by atoms with Gasteiger partial charge in [0.1, 0.15) is 5.75 Å². The van der Waals surface area contributed by atoms with Crippen molar-refractivity contribution in [1.82, 2.24) is 20.1 Å². The number of allylic oxidation sites excluding steroid dienone is 1. The summed E-state index contributed by atoms with van der Waals surface area (Å²) in [4.78, 5) is 11.9. The Bertz CT molecular complexity index is 1000. The second kappa shape index (κ2) is 10.6. The molecular formula is C22H24N4O3S. The molecule has 30 heavy (non-hydrogen) atoms. The Hall–Kier alpha value is -3.10. The lowest BCUT2D eigenvalue weighted by Crippen LogP contribution is -2.26. The van der Waals surface area contributed by atoms with E-state index in [0.29, 0.717) is 17.9 Å². The van der Waals surface area contributed by atoms with Crippen LogP contribution in [0.25, 0.3) is 11.4 Å². The molecule has 3 aromatic rings. The minimum Gasteiger partial charge on any atom is -0.497 e. The molecule has 0 atom stereocenters. The van der Waals surface area contributed by atoms with Crippen molar-refractivity contribution in [3.8, 4) is 17.1 Å². The van der Waals surface area contributed by atoms with Gasteiger partial charge in [0.25, 0.3) is 5.91 Å². The highest BCUT2D eigenvalue weighted by molar-refractivity contribution is 7.98. The van der Waals surface area contributed by atoms with E-state index in [2.05, 4.69) is 22.1 Å². The molecule has 2 aromatic carbocycles. The Morgan fingerprint density at radius 1 is 1.27 bits per heavy atom. The van der Waals surface area contributed by atoms with Crippen molar-refractivity contribution < 1.29 is 14.6 Å². The molecule has 1 amide bonds. The van der Waals surface area contributed by atoms with Crippen LogP contribution in [-0.2, 0) is 12.3 Å². The van der Waals surface area contributed by atoms with Crippen LogP contribution >= 0.6 is 11.8 Å². The monoisotopic (exact) mass is 424 g/mol. The normalized spacial score (nSPS) is 10.6. The maximum absolute atomic E-state index is 11.9. The summed E-state index contributed by atoms with van der Waals surface area (Å²) in [6.07, 6.45) is 1.82. The van der Waals surface area contributed by atoms with Gasteiger partial charge in [-0.15, -0.1) is 16.8 Å². The van der Waals surface area contributed by atoms with Crippen LogP contribution in [0.2, 0.25) is 0 Å². The van der Waals surface area contributed by atoms with Gasteiger partial charge in [-0.3, -0.25) is 9.36 Å². The predicted molar refractivity (Wildman–Crippen MR) is 118 cm³/mol. The molecule has 1 heterocycles. The van der Waals surface area contributed by atoms with E-state index >= 15 is 0 Å². The molecule has 0 unspecified atom stereocenters. The van der Waals surface area contributed by atoms with E-state index in [-0.39, 0.29) is 19.1 Å². The molecule has 0 bridgehead atoms. The average Bonchev–Trinajstić information content (AvgIpc) is 3.19. The van der Waals surface area contributed by atoms with Crippen LogP contribution in [-0.4, -0.2) is 46.0 Å². The van der Waals surface area contributed by atoms with E-state index in [1.165, 1.54) is 0 Å². The van der Waals surface area contributed by atoms with Gasteiger partial charge < -0.3 is 15.2 Å². The number of hydrogen-bond donors (Lipinski definition) is 2. The molecule has 0 aliphatic carbocycles. The number of amides is 1. The van der Waals surface area contributed by atoms with Crippen molar-refractivity contribution in [3.05, 3.63) is 72.3 Å². The zero-order valence-corrected chi connectivity index (χ0v) is 17.6. The molecule has 0 saturated heterocycles. The van der Waals surface area contributed by atoms with E-state index in [1.807, 2.05) is 47.0 Å². The first kappa shape index (κ1) is 21.6. The third-order valence-electron chi connectivity index (χ3n) is 4.34. The summed E-state index contributed by atoms with van der Waals surface area (Å²) in [5.74, 6) is 2.01. The number of aliphatic hydroxyl groups excluding tert-OH is 1. The average molecular weight is 425 g/mol. The van der Waals surface area contributed by atoms with Crippen molar-refractivity contribution in [2.45, 2.75) is 17.5 Å². The van der Waals surface area contributed by atoms with E-state index in [1.54, 1.807) is 31.0 Å². The number of nitrogens with one attached hydrogen (secondary N) is 1. The quantitative estimate of drug-likeness (QED) is 0.384. The highest BCUT2D eigenvalue weighted by Crippen LogP contribution is 2.28. The van der Waals surface area contributed by atoms with Gasteiger partial charge in [-0.25, -0.2) is 0 Å². The van der Waals surface area contributed by atoms with Gasteiger partial charge in [-0.05, 0) is 29.8 Å². The molecule has 7 nitrogen and oxygen atoms in total. The summed E-state index contributed by atoms with van der Waals surface area (Å²) in [6.45, 7) is 4.60. The maximum atomic E-state index is 11.9. The zero-order valence-electron chi connectivity index (χ0n) is 16.7. The van der Waals surface area contributed by atoms with Crippen molar-refractivity contribution in [3.63, 3.8) is 0 Å². The van der Waals surface area contributed by atoms with Gasteiger partial charge in [-0.1, -0.05) is 42.1 Å². The lowest BCUT2D eigenvalue weighted by molar-refractivity contribution is 0.0945. The predicted octanol–water partition coefficient (Wildman–Crippen LogP) is 3.15. The third-order valence-corrected chi connectivity index (χ3v) is 5.38. The number of aliphatic hydroxyl groups is 1. The van der Waals surface area contributed by atoms with Crippen LogP contribution in [0, 0.1) is 0 Å². The largest absolute Gasteiger partial charge is 0.497 e. The van der Waals surface area contributed by atoms with Gasteiger partial charge in [0.2, 0.25) is 0 Å². The molecule has 0 aliphatic heterocycles. The van der Waals surface area contributed by atoms with Crippen LogP contribution in [0.4, 0.5) is 0 Å². The first-order valence-electron chi connectivity index (χ1n) is 9.45. The van der Waals surface area contributed by atoms with Crippen LogP contribution in [0.5, 0.6) is 5.75 Å². The highest BCUT2D eigenvalue weighted by Gasteiger charge is 2.14. The number of thioether (sulfide) groups is 1. The summed E-state index contributed by atoms with van der Waals surface area (Å²) >= 11 is 1.57. The molecule has 0 spiro atoms. The fourth-order valence-electron chi connectivity index (χ4n) is 2.84. The molecule has 0 aliphatic rings. The summed E-state index contributed by atoms with van der Waals surface area (Å²) in [6, 6.07) is 15.1. The molecular weight excluding hydrogens is 400 g/mol. The first-order chi connectivity index (χ1) is 14.7. The number of nitrogens with zero attached hydrogens (tertiary/aromatic N) is 3. The van der Waals surface area contributed by atoms with Gasteiger partial charge in [0.05, 0.1) is 13.7 Å². The Morgan fingerprint density at radius 2 is 2.07 bits per heavy atom. The van der Waals surface area contributed by atoms with Gasteiger partial charge in [0, 0.05) is 30.0 Å². The number of aromatic nitrogens is 3. The Morgan fingerprint density at radius 3 is 2.77 bits per heavy atom. The minimum atomic E-state index is -0.197. The van der Waals surface area contributed by atoms with Crippen molar-refractivity contribution in [2.75, 3.05) is 20.3 Å². The summed E-state index contributed by atoms with van der Waals surface area (Å²) < 4.78 is 7.33. The molecule has 3 rings (SSSR count). The Kier molecular flexibility index (Phi) is 7.64.